The second-order valence-electron chi connectivity index (χ2n) is 4.45. The Morgan fingerprint density at radius 1 is 1.67 bits per heavy atom. The number of aliphatic carboxylic acids is 1. The van der Waals surface area contributed by atoms with Crippen LogP contribution >= 0.6 is 0 Å². The minimum Gasteiger partial charge on any atom is -0.480 e. The van der Waals surface area contributed by atoms with Crippen LogP contribution in [0.5, 0.6) is 0 Å². The third kappa shape index (κ3) is 4.18. The predicted octanol–water partition coefficient (Wildman–Crippen LogP) is 0.910. The Bertz CT molecular complexity index is 209. The van der Waals surface area contributed by atoms with Gasteiger partial charge in [0.2, 0.25) is 0 Å². The maximum absolute atomic E-state index is 10.5. The van der Waals surface area contributed by atoms with Crippen molar-refractivity contribution in [1.82, 2.24) is 4.90 Å². The standard InChI is InChI=1S/C11H22N2O2/c1-2-9-4-3-6-13(8-9)7-5-10(12)11(14)15/h9-10H,2-8,12H2,1H3,(H,14,15). The zero-order chi connectivity index (χ0) is 11.3. The molecule has 88 valence electrons. The number of likely N-dealkylation sites (tertiary alicyclic amines) is 1. The van der Waals surface area contributed by atoms with Crippen LogP contribution in [0.4, 0.5) is 0 Å². The molecular formula is C11H22N2O2. The summed E-state index contributed by atoms with van der Waals surface area (Å²) in [5.41, 5.74) is 5.47. The zero-order valence-corrected chi connectivity index (χ0v) is 9.48. The van der Waals surface area contributed by atoms with Crippen LogP contribution in [0.25, 0.3) is 0 Å². The molecule has 1 fully saturated rings. The first-order valence-corrected chi connectivity index (χ1v) is 5.84. The van der Waals surface area contributed by atoms with Gasteiger partial charge in [0, 0.05) is 13.1 Å². The molecule has 0 radical (unpaired) electrons. The van der Waals surface area contributed by atoms with E-state index in [1.54, 1.807) is 0 Å². The van der Waals surface area contributed by atoms with Crippen molar-refractivity contribution in [3.8, 4) is 0 Å². The molecule has 0 aromatic carbocycles. The van der Waals surface area contributed by atoms with E-state index < -0.39 is 12.0 Å². The maximum Gasteiger partial charge on any atom is 0.320 e. The number of carbonyl (C=O) groups is 1. The number of hydrogen-bond acceptors (Lipinski definition) is 3. The summed E-state index contributed by atoms with van der Waals surface area (Å²) in [6, 6.07) is -0.702. The minimum absolute atomic E-state index is 0.561. The van der Waals surface area contributed by atoms with E-state index in [2.05, 4.69) is 11.8 Å². The highest BCUT2D eigenvalue weighted by atomic mass is 16.4. The quantitative estimate of drug-likeness (QED) is 0.714. The lowest BCUT2D eigenvalue weighted by atomic mass is 9.95. The second-order valence-corrected chi connectivity index (χ2v) is 4.45. The van der Waals surface area contributed by atoms with E-state index >= 15 is 0 Å². The van der Waals surface area contributed by atoms with Crippen LogP contribution < -0.4 is 5.73 Å². The molecule has 2 unspecified atom stereocenters. The summed E-state index contributed by atoms with van der Waals surface area (Å²) in [7, 11) is 0. The number of hydrogen-bond donors (Lipinski definition) is 2. The smallest absolute Gasteiger partial charge is 0.320 e. The predicted molar refractivity (Wildman–Crippen MR) is 59.7 cm³/mol. The molecule has 4 heteroatoms. The Hall–Kier alpha value is -0.610. The van der Waals surface area contributed by atoms with Crippen LogP contribution in [0.15, 0.2) is 0 Å². The Labute approximate surface area is 91.4 Å². The van der Waals surface area contributed by atoms with E-state index in [9.17, 15) is 4.79 Å². The lowest BCUT2D eigenvalue weighted by Gasteiger charge is -2.32. The van der Waals surface area contributed by atoms with E-state index in [-0.39, 0.29) is 0 Å². The van der Waals surface area contributed by atoms with Crippen molar-refractivity contribution in [1.29, 1.82) is 0 Å². The number of rotatable bonds is 5. The number of carboxylic acids is 1. The SMILES string of the molecule is CCC1CCCN(CCC(N)C(=O)O)C1. The van der Waals surface area contributed by atoms with Crippen molar-refractivity contribution < 1.29 is 9.90 Å². The van der Waals surface area contributed by atoms with Gasteiger partial charge < -0.3 is 15.7 Å². The fourth-order valence-corrected chi connectivity index (χ4v) is 2.13. The molecule has 0 saturated carbocycles. The summed E-state index contributed by atoms with van der Waals surface area (Å²) in [5.74, 6) is -0.0983. The number of nitrogens with zero attached hydrogens (tertiary/aromatic N) is 1. The highest BCUT2D eigenvalue weighted by molar-refractivity contribution is 5.72. The first-order chi connectivity index (χ1) is 7.13. The van der Waals surface area contributed by atoms with Crippen molar-refractivity contribution in [2.75, 3.05) is 19.6 Å². The molecule has 0 aromatic rings. The monoisotopic (exact) mass is 214 g/mol. The van der Waals surface area contributed by atoms with Crippen molar-refractivity contribution >= 4 is 5.97 Å². The molecule has 15 heavy (non-hydrogen) atoms. The molecule has 4 nitrogen and oxygen atoms in total. The van der Waals surface area contributed by atoms with Crippen molar-refractivity contribution in [2.24, 2.45) is 11.7 Å². The van der Waals surface area contributed by atoms with E-state index in [0.717, 1.165) is 25.6 Å². The fourth-order valence-electron chi connectivity index (χ4n) is 2.13. The van der Waals surface area contributed by atoms with E-state index in [4.69, 9.17) is 10.8 Å². The van der Waals surface area contributed by atoms with Gasteiger partial charge in [-0.3, -0.25) is 4.79 Å². The molecule has 0 amide bonds. The molecule has 1 aliphatic heterocycles. The van der Waals surface area contributed by atoms with Crippen molar-refractivity contribution in [3.05, 3.63) is 0 Å². The summed E-state index contributed by atoms with van der Waals surface area (Å²) in [4.78, 5) is 12.9. The average Bonchev–Trinajstić information content (AvgIpc) is 2.26. The average molecular weight is 214 g/mol. The fraction of sp³-hybridized carbons (Fsp3) is 0.909. The van der Waals surface area contributed by atoms with E-state index in [0.29, 0.717) is 6.42 Å². The van der Waals surface area contributed by atoms with Crippen LogP contribution in [-0.2, 0) is 4.79 Å². The second kappa shape index (κ2) is 6.08. The molecule has 1 rings (SSSR count). The molecule has 0 spiro atoms. The molecule has 0 aromatic heterocycles. The van der Waals surface area contributed by atoms with Crippen LogP contribution in [0.1, 0.15) is 32.6 Å². The third-order valence-electron chi connectivity index (χ3n) is 3.25. The van der Waals surface area contributed by atoms with Gasteiger partial charge in [0.15, 0.2) is 0 Å². The molecular weight excluding hydrogens is 192 g/mol. The Morgan fingerprint density at radius 3 is 3.00 bits per heavy atom. The Morgan fingerprint density at radius 2 is 2.40 bits per heavy atom. The van der Waals surface area contributed by atoms with E-state index in [1.165, 1.54) is 19.3 Å². The summed E-state index contributed by atoms with van der Waals surface area (Å²) in [6.07, 6.45) is 4.34. The molecule has 2 atom stereocenters. The van der Waals surface area contributed by atoms with Crippen LogP contribution in [0, 0.1) is 5.92 Å². The zero-order valence-electron chi connectivity index (χ0n) is 9.48. The molecule has 0 bridgehead atoms. The first kappa shape index (κ1) is 12.5. The van der Waals surface area contributed by atoms with Crippen LogP contribution in [0.2, 0.25) is 0 Å². The van der Waals surface area contributed by atoms with Gasteiger partial charge in [-0.05, 0) is 31.7 Å². The molecule has 0 aliphatic carbocycles. The van der Waals surface area contributed by atoms with Gasteiger partial charge >= 0.3 is 5.97 Å². The summed E-state index contributed by atoms with van der Waals surface area (Å²) in [5, 5.41) is 8.67. The third-order valence-corrected chi connectivity index (χ3v) is 3.25. The van der Waals surface area contributed by atoms with Crippen LogP contribution in [0.3, 0.4) is 0 Å². The number of piperidine rings is 1. The van der Waals surface area contributed by atoms with Crippen LogP contribution in [-0.4, -0.2) is 41.7 Å². The van der Waals surface area contributed by atoms with Gasteiger partial charge in [-0.15, -0.1) is 0 Å². The first-order valence-electron chi connectivity index (χ1n) is 5.84. The highest BCUT2D eigenvalue weighted by Crippen LogP contribution is 2.19. The largest absolute Gasteiger partial charge is 0.480 e. The molecule has 1 aliphatic rings. The maximum atomic E-state index is 10.5. The summed E-state index contributed by atoms with van der Waals surface area (Å²) >= 11 is 0. The highest BCUT2D eigenvalue weighted by Gasteiger charge is 2.19. The summed E-state index contributed by atoms with van der Waals surface area (Å²) in [6.45, 7) is 5.26. The lowest BCUT2D eigenvalue weighted by molar-refractivity contribution is -0.138. The van der Waals surface area contributed by atoms with Gasteiger partial charge in [0.25, 0.3) is 0 Å². The van der Waals surface area contributed by atoms with Crippen molar-refractivity contribution in [3.63, 3.8) is 0 Å². The van der Waals surface area contributed by atoms with Gasteiger partial charge in [0.1, 0.15) is 6.04 Å². The van der Waals surface area contributed by atoms with Gasteiger partial charge in [-0.1, -0.05) is 13.3 Å². The topological polar surface area (TPSA) is 66.6 Å². The normalized spacial score (nSPS) is 25.1. The molecule has 1 saturated heterocycles. The van der Waals surface area contributed by atoms with Gasteiger partial charge in [0.05, 0.1) is 0 Å². The number of nitrogens with two attached hydrogens (primary N) is 1. The Balaban J connectivity index is 2.23. The molecule has 1 heterocycles. The van der Waals surface area contributed by atoms with Gasteiger partial charge in [-0.25, -0.2) is 0 Å². The van der Waals surface area contributed by atoms with Gasteiger partial charge in [-0.2, -0.15) is 0 Å². The lowest BCUT2D eigenvalue weighted by Crippen LogP contribution is -2.40. The minimum atomic E-state index is -0.890. The number of carboxylic acid groups (broad SMARTS) is 1. The van der Waals surface area contributed by atoms with Crippen molar-refractivity contribution in [2.45, 2.75) is 38.6 Å². The Kier molecular flexibility index (Phi) is 5.05. The van der Waals surface area contributed by atoms with E-state index in [1.807, 2.05) is 0 Å². The summed E-state index contributed by atoms with van der Waals surface area (Å²) < 4.78 is 0. The molecule has 3 N–H and O–H groups in total.